The molecule has 0 bridgehead atoms. The molecule has 0 aromatic carbocycles. The highest BCUT2D eigenvalue weighted by atomic mass is 32.2. The minimum Gasteiger partial charge on any atom is -0.461 e. The van der Waals surface area contributed by atoms with E-state index < -0.39 is 35.0 Å². The molecule has 0 aromatic rings. The van der Waals surface area contributed by atoms with Gasteiger partial charge in [0, 0.05) is 20.8 Å². The van der Waals surface area contributed by atoms with E-state index in [0.29, 0.717) is 0 Å². The van der Waals surface area contributed by atoms with Crippen molar-refractivity contribution in [2.75, 3.05) is 19.0 Å². The Labute approximate surface area is 127 Å². The Morgan fingerprint density at radius 3 is 2.33 bits per heavy atom. The zero-order valence-electron chi connectivity index (χ0n) is 12.5. The molecule has 21 heavy (non-hydrogen) atoms. The van der Waals surface area contributed by atoms with Gasteiger partial charge in [-0.05, 0) is 5.75 Å². The lowest BCUT2D eigenvalue weighted by Gasteiger charge is -2.32. The molecule has 0 aliphatic carbocycles. The summed E-state index contributed by atoms with van der Waals surface area (Å²) in [6.45, 7) is 5.44. The molecule has 1 fully saturated rings. The van der Waals surface area contributed by atoms with Gasteiger partial charge in [0.15, 0.2) is 6.10 Å². The van der Waals surface area contributed by atoms with Gasteiger partial charge in [-0.15, -0.1) is 11.8 Å². The Bertz CT molecular complexity index is 411. The molecular formula is C13H20O7S. The topological polar surface area (TPSA) is 88.1 Å². The van der Waals surface area contributed by atoms with Crippen molar-refractivity contribution < 1.29 is 33.3 Å². The van der Waals surface area contributed by atoms with Crippen LogP contribution in [0.3, 0.4) is 0 Å². The number of esters is 3. The van der Waals surface area contributed by atoms with Gasteiger partial charge in [0.05, 0.1) is 6.61 Å². The van der Waals surface area contributed by atoms with E-state index in [1.165, 1.54) is 32.5 Å². The lowest BCUT2D eigenvalue weighted by atomic mass is 10.0. The summed E-state index contributed by atoms with van der Waals surface area (Å²) < 4.78 is 21.1. The molecule has 1 rings (SSSR count). The van der Waals surface area contributed by atoms with Crippen molar-refractivity contribution >= 4 is 29.7 Å². The quantitative estimate of drug-likeness (QED) is 0.527. The molecule has 1 saturated heterocycles. The molecule has 1 aliphatic rings. The predicted molar refractivity (Wildman–Crippen MR) is 74.6 cm³/mol. The van der Waals surface area contributed by atoms with Crippen molar-refractivity contribution in [2.24, 2.45) is 0 Å². The zero-order valence-corrected chi connectivity index (χ0v) is 13.4. The van der Waals surface area contributed by atoms with Gasteiger partial charge in [0.2, 0.25) is 5.60 Å². The van der Waals surface area contributed by atoms with Crippen LogP contribution in [0.5, 0.6) is 0 Å². The lowest BCUT2D eigenvalue weighted by Crippen LogP contribution is -2.52. The van der Waals surface area contributed by atoms with E-state index in [1.54, 1.807) is 0 Å². The smallest absolute Gasteiger partial charge is 0.303 e. The Kier molecular flexibility index (Phi) is 6.47. The Balaban J connectivity index is 3.01. The van der Waals surface area contributed by atoms with Crippen molar-refractivity contribution in [3.63, 3.8) is 0 Å². The van der Waals surface area contributed by atoms with Gasteiger partial charge in [0.1, 0.15) is 12.0 Å². The molecule has 3 atom stereocenters. The lowest BCUT2D eigenvalue weighted by molar-refractivity contribution is -0.188. The van der Waals surface area contributed by atoms with Crippen molar-refractivity contribution in [3.05, 3.63) is 0 Å². The Morgan fingerprint density at radius 1 is 1.19 bits per heavy atom. The third-order valence-electron chi connectivity index (χ3n) is 2.75. The van der Waals surface area contributed by atoms with Crippen LogP contribution >= 0.6 is 11.8 Å². The minimum atomic E-state index is -1.31. The molecular weight excluding hydrogens is 300 g/mol. The van der Waals surface area contributed by atoms with Crippen LogP contribution < -0.4 is 0 Å². The van der Waals surface area contributed by atoms with Crippen LogP contribution in [0.4, 0.5) is 0 Å². The van der Waals surface area contributed by atoms with E-state index in [1.807, 2.05) is 6.92 Å². The standard InChI is InChI=1S/C13H20O7S/c1-5-21-12-11(19-9(3)15)13(7-18-12,20-10(4)16)6-17-8(2)14/h11-12H,5-7H2,1-4H3/t11-,12-,13+/m0/s1. The molecule has 0 amide bonds. The first-order valence-electron chi connectivity index (χ1n) is 6.54. The van der Waals surface area contributed by atoms with Crippen molar-refractivity contribution in [2.45, 2.75) is 44.8 Å². The Morgan fingerprint density at radius 2 is 1.86 bits per heavy atom. The maximum absolute atomic E-state index is 11.4. The zero-order chi connectivity index (χ0) is 16.0. The average Bonchev–Trinajstić information content (AvgIpc) is 2.66. The summed E-state index contributed by atoms with van der Waals surface area (Å²) in [5, 5.41) is 0. The van der Waals surface area contributed by atoms with Gasteiger partial charge in [-0.2, -0.15) is 0 Å². The SMILES string of the molecule is CCS[C@@H]1OC[C@@](COC(C)=O)(OC(C)=O)[C@H]1OC(C)=O. The number of rotatable bonds is 6. The summed E-state index contributed by atoms with van der Waals surface area (Å²) >= 11 is 1.42. The van der Waals surface area contributed by atoms with E-state index in [9.17, 15) is 14.4 Å². The van der Waals surface area contributed by atoms with Gasteiger partial charge in [0.25, 0.3) is 0 Å². The number of hydrogen-bond donors (Lipinski definition) is 0. The van der Waals surface area contributed by atoms with Gasteiger partial charge in [-0.3, -0.25) is 14.4 Å². The van der Waals surface area contributed by atoms with E-state index >= 15 is 0 Å². The van der Waals surface area contributed by atoms with Gasteiger partial charge >= 0.3 is 17.9 Å². The van der Waals surface area contributed by atoms with Crippen molar-refractivity contribution in [1.29, 1.82) is 0 Å². The van der Waals surface area contributed by atoms with Gasteiger partial charge in [-0.25, -0.2) is 0 Å². The van der Waals surface area contributed by atoms with Crippen LogP contribution in [-0.4, -0.2) is 54.0 Å². The average molecular weight is 320 g/mol. The summed E-state index contributed by atoms with van der Waals surface area (Å²) in [6.07, 6.45) is -0.830. The van der Waals surface area contributed by atoms with E-state index in [0.717, 1.165) is 5.75 Å². The van der Waals surface area contributed by atoms with Gasteiger partial charge in [-0.1, -0.05) is 6.92 Å². The maximum Gasteiger partial charge on any atom is 0.303 e. The highest BCUT2D eigenvalue weighted by Crippen LogP contribution is 2.37. The van der Waals surface area contributed by atoms with Crippen LogP contribution in [0.1, 0.15) is 27.7 Å². The molecule has 8 heteroatoms. The number of ether oxygens (including phenoxy) is 4. The maximum atomic E-state index is 11.4. The first-order chi connectivity index (χ1) is 9.80. The molecule has 0 radical (unpaired) electrons. The molecule has 0 aromatic heterocycles. The van der Waals surface area contributed by atoms with Crippen LogP contribution in [0.2, 0.25) is 0 Å². The van der Waals surface area contributed by atoms with Crippen LogP contribution in [0.15, 0.2) is 0 Å². The molecule has 0 unspecified atom stereocenters. The number of hydrogen-bond acceptors (Lipinski definition) is 8. The molecule has 1 heterocycles. The molecule has 7 nitrogen and oxygen atoms in total. The highest BCUT2D eigenvalue weighted by Gasteiger charge is 2.56. The fraction of sp³-hybridized carbons (Fsp3) is 0.769. The molecule has 0 saturated carbocycles. The fourth-order valence-corrected chi connectivity index (χ4v) is 3.00. The third-order valence-corrected chi connectivity index (χ3v) is 3.79. The van der Waals surface area contributed by atoms with Crippen LogP contribution in [0, 0.1) is 0 Å². The fourth-order valence-electron chi connectivity index (χ4n) is 2.03. The molecule has 1 aliphatic heterocycles. The number of carbonyl (C=O) groups excluding carboxylic acids is 3. The first-order valence-corrected chi connectivity index (χ1v) is 7.59. The second kappa shape index (κ2) is 7.65. The second-order valence-electron chi connectivity index (χ2n) is 4.60. The number of thioether (sulfide) groups is 1. The van der Waals surface area contributed by atoms with E-state index in [2.05, 4.69) is 0 Å². The van der Waals surface area contributed by atoms with Gasteiger partial charge < -0.3 is 18.9 Å². The predicted octanol–water partition coefficient (Wildman–Crippen LogP) is 0.893. The van der Waals surface area contributed by atoms with Crippen molar-refractivity contribution in [1.82, 2.24) is 0 Å². The van der Waals surface area contributed by atoms with E-state index in [-0.39, 0.29) is 13.2 Å². The molecule has 120 valence electrons. The normalized spacial score (nSPS) is 28.0. The molecule has 0 spiro atoms. The Hall–Kier alpha value is -1.28. The van der Waals surface area contributed by atoms with E-state index in [4.69, 9.17) is 18.9 Å². The number of carbonyl (C=O) groups is 3. The summed E-state index contributed by atoms with van der Waals surface area (Å²) in [4.78, 5) is 33.8. The monoisotopic (exact) mass is 320 g/mol. The summed E-state index contributed by atoms with van der Waals surface area (Å²) in [6, 6.07) is 0. The minimum absolute atomic E-state index is 0.00449. The largest absolute Gasteiger partial charge is 0.461 e. The van der Waals surface area contributed by atoms with Crippen LogP contribution in [0.25, 0.3) is 0 Å². The third kappa shape index (κ3) is 4.89. The van der Waals surface area contributed by atoms with Crippen molar-refractivity contribution in [3.8, 4) is 0 Å². The summed E-state index contributed by atoms with van der Waals surface area (Å²) in [5.74, 6) is -0.877. The summed E-state index contributed by atoms with van der Waals surface area (Å²) in [7, 11) is 0. The first kappa shape index (κ1) is 17.8. The second-order valence-corrected chi connectivity index (χ2v) is 5.98. The van der Waals surface area contributed by atoms with Crippen LogP contribution in [-0.2, 0) is 33.3 Å². The highest BCUT2D eigenvalue weighted by molar-refractivity contribution is 7.99. The summed E-state index contributed by atoms with van der Waals surface area (Å²) in [5.41, 5.74) is -1.79. The molecule has 0 N–H and O–H groups in total.